The van der Waals surface area contributed by atoms with Crippen LogP contribution in [-0.2, 0) is 19.2 Å². The van der Waals surface area contributed by atoms with E-state index in [4.69, 9.17) is 0 Å². The highest BCUT2D eigenvalue weighted by Crippen LogP contribution is 2.26. The Hall–Kier alpha value is -3.79. The van der Waals surface area contributed by atoms with Crippen molar-refractivity contribution in [2.45, 2.75) is 78.6 Å². The van der Waals surface area contributed by atoms with Crippen LogP contribution in [0.5, 0.6) is 0 Å². The van der Waals surface area contributed by atoms with Gasteiger partial charge in [-0.05, 0) is 75.6 Å². The fraction of sp³-hybridized carbons (Fsp3) is 0.516. The summed E-state index contributed by atoms with van der Waals surface area (Å²) >= 11 is 0. The molecule has 3 heterocycles. The van der Waals surface area contributed by atoms with Crippen LogP contribution in [-0.4, -0.2) is 70.2 Å². The SMILES string of the molecule is CC(C)C1C(=O)N[C@@H](C)C(=O)N2CCC[C@H](N2)C(=O)N[C@H](C)c2ccc3cnc(cc3c2)/C=C/C(C)(C)C(=O)N1C. The third kappa shape index (κ3) is 6.59. The van der Waals surface area contributed by atoms with Crippen molar-refractivity contribution in [2.75, 3.05) is 13.6 Å². The summed E-state index contributed by atoms with van der Waals surface area (Å²) in [6, 6.07) is 5.44. The number of hydrogen-bond donors (Lipinski definition) is 3. The van der Waals surface area contributed by atoms with E-state index >= 15 is 0 Å². The lowest BCUT2D eigenvalue weighted by Crippen LogP contribution is -2.62. The van der Waals surface area contributed by atoms with Crippen molar-refractivity contribution < 1.29 is 19.2 Å². The summed E-state index contributed by atoms with van der Waals surface area (Å²) in [6.45, 7) is 11.3. The fourth-order valence-electron chi connectivity index (χ4n) is 5.53. The quantitative estimate of drug-likeness (QED) is 0.491. The van der Waals surface area contributed by atoms with Gasteiger partial charge in [0.1, 0.15) is 18.1 Å². The first-order valence-corrected chi connectivity index (χ1v) is 14.3. The molecule has 1 saturated heterocycles. The first-order chi connectivity index (χ1) is 19.3. The van der Waals surface area contributed by atoms with E-state index in [1.165, 1.54) is 9.91 Å². The Kier molecular flexibility index (Phi) is 8.82. The fourth-order valence-corrected chi connectivity index (χ4v) is 5.53. The Bertz CT molecular complexity index is 1370. The van der Waals surface area contributed by atoms with Gasteiger partial charge in [0.2, 0.25) is 17.7 Å². The van der Waals surface area contributed by atoms with Gasteiger partial charge in [-0.3, -0.25) is 29.2 Å². The van der Waals surface area contributed by atoms with Crippen LogP contribution in [0.25, 0.3) is 16.8 Å². The van der Waals surface area contributed by atoms with Crippen LogP contribution in [0, 0.1) is 11.3 Å². The number of pyridine rings is 1. The number of carbonyl (C=O) groups excluding carboxylic acids is 4. The molecule has 1 fully saturated rings. The largest absolute Gasteiger partial charge is 0.348 e. The molecular weight excluding hydrogens is 520 g/mol. The van der Waals surface area contributed by atoms with Crippen LogP contribution in [0.2, 0.25) is 0 Å². The highest BCUT2D eigenvalue weighted by Gasteiger charge is 2.38. The molecule has 10 nitrogen and oxygen atoms in total. The normalized spacial score (nSPS) is 27.1. The number of nitrogens with zero attached hydrogens (tertiary/aromatic N) is 3. The molecule has 3 N–H and O–H groups in total. The van der Waals surface area contributed by atoms with Crippen molar-refractivity contribution in [1.82, 2.24) is 31.0 Å². The van der Waals surface area contributed by atoms with Crippen LogP contribution < -0.4 is 16.1 Å². The second-order valence-electron chi connectivity index (χ2n) is 12.2. The average molecular weight is 563 g/mol. The van der Waals surface area contributed by atoms with Gasteiger partial charge in [0.15, 0.2) is 0 Å². The molecule has 4 atom stereocenters. The minimum absolute atomic E-state index is 0.196. The molecule has 4 rings (SSSR count). The summed E-state index contributed by atoms with van der Waals surface area (Å²) in [4.78, 5) is 59.6. The Labute approximate surface area is 241 Å². The summed E-state index contributed by atoms with van der Waals surface area (Å²) in [5.74, 6) is -1.37. The van der Waals surface area contributed by atoms with Crippen molar-refractivity contribution in [1.29, 1.82) is 0 Å². The predicted molar refractivity (Wildman–Crippen MR) is 158 cm³/mol. The molecule has 2 aromatic rings. The zero-order valence-electron chi connectivity index (χ0n) is 25.0. The molecule has 1 unspecified atom stereocenters. The lowest BCUT2D eigenvalue weighted by atomic mass is 9.89. The van der Waals surface area contributed by atoms with Crippen molar-refractivity contribution in [3.05, 3.63) is 47.8 Å². The van der Waals surface area contributed by atoms with E-state index in [1.807, 2.05) is 51.1 Å². The van der Waals surface area contributed by atoms with Crippen LogP contribution in [0.1, 0.15) is 71.7 Å². The molecule has 2 aliphatic heterocycles. The number of aromatic nitrogens is 1. The molecular formula is C31H42N6O4. The highest BCUT2D eigenvalue weighted by atomic mass is 16.2. The van der Waals surface area contributed by atoms with Crippen LogP contribution in [0.4, 0.5) is 0 Å². The second-order valence-corrected chi connectivity index (χ2v) is 12.2. The first kappa shape index (κ1) is 30.2. The Morgan fingerprint density at radius 2 is 1.68 bits per heavy atom. The monoisotopic (exact) mass is 562 g/mol. The number of benzene rings is 1. The maximum atomic E-state index is 13.7. The lowest BCUT2D eigenvalue weighted by molar-refractivity contribution is -0.147. The molecule has 10 heteroatoms. The van der Waals surface area contributed by atoms with Gasteiger partial charge in [-0.25, -0.2) is 5.43 Å². The predicted octanol–water partition coefficient (Wildman–Crippen LogP) is 2.95. The summed E-state index contributed by atoms with van der Waals surface area (Å²) in [7, 11) is 1.62. The smallest absolute Gasteiger partial charge is 0.258 e. The maximum Gasteiger partial charge on any atom is 0.258 e. The van der Waals surface area contributed by atoms with E-state index in [0.717, 1.165) is 16.3 Å². The number of hydrogen-bond acceptors (Lipinski definition) is 6. The maximum absolute atomic E-state index is 13.7. The molecule has 0 aliphatic carbocycles. The number of hydrazine groups is 1. The van der Waals surface area contributed by atoms with E-state index in [9.17, 15) is 19.2 Å². The van der Waals surface area contributed by atoms with Gasteiger partial charge in [-0.1, -0.05) is 32.1 Å². The molecule has 2 aliphatic rings. The molecule has 4 amide bonds. The molecule has 0 radical (unpaired) electrons. The number of nitrogens with one attached hydrogen (secondary N) is 3. The summed E-state index contributed by atoms with van der Waals surface area (Å²) in [5.41, 5.74) is 3.77. The van der Waals surface area contributed by atoms with Crippen molar-refractivity contribution in [3.63, 3.8) is 0 Å². The topological polar surface area (TPSA) is 124 Å². The third-order valence-corrected chi connectivity index (χ3v) is 7.98. The molecule has 220 valence electrons. The van der Waals surface area contributed by atoms with Crippen LogP contribution >= 0.6 is 0 Å². The molecule has 1 aromatic carbocycles. The minimum Gasteiger partial charge on any atom is -0.348 e. The van der Waals surface area contributed by atoms with Crippen molar-refractivity contribution in [2.24, 2.45) is 11.3 Å². The van der Waals surface area contributed by atoms with Gasteiger partial charge < -0.3 is 15.5 Å². The zero-order valence-corrected chi connectivity index (χ0v) is 25.0. The lowest BCUT2D eigenvalue weighted by Gasteiger charge is -2.37. The molecule has 0 spiro atoms. The van der Waals surface area contributed by atoms with Gasteiger partial charge in [-0.2, -0.15) is 0 Å². The van der Waals surface area contributed by atoms with Crippen molar-refractivity contribution >= 4 is 40.5 Å². The molecule has 41 heavy (non-hydrogen) atoms. The van der Waals surface area contributed by atoms with Crippen LogP contribution in [0.15, 0.2) is 36.5 Å². The first-order valence-electron chi connectivity index (χ1n) is 14.3. The van der Waals surface area contributed by atoms with Crippen molar-refractivity contribution in [3.8, 4) is 0 Å². The minimum atomic E-state index is -0.924. The van der Waals surface area contributed by atoms with Gasteiger partial charge in [-0.15, -0.1) is 0 Å². The Morgan fingerprint density at radius 1 is 0.976 bits per heavy atom. The van der Waals surface area contributed by atoms with Gasteiger partial charge in [0, 0.05) is 25.2 Å². The second kappa shape index (κ2) is 12.0. The highest BCUT2D eigenvalue weighted by molar-refractivity contribution is 5.94. The summed E-state index contributed by atoms with van der Waals surface area (Å²) in [6.07, 6.45) is 6.63. The number of amides is 4. The van der Waals surface area contributed by atoms with Gasteiger partial charge in [0.25, 0.3) is 5.91 Å². The average Bonchev–Trinajstić information content (AvgIpc) is 2.94. The summed E-state index contributed by atoms with van der Waals surface area (Å²) < 4.78 is 0. The van der Waals surface area contributed by atoms with E-state index in [2.05, 4.69) is 21.0 Å². The Balaban J connectivity index is 1.74. The van der Waals surface area contributed by atoms with E-state index in [-0.39, 0.29) is 29.7 Å². The third-order valence-electron chi connectivity index (χ3n) is 7.98. The van der Waals surface area contributed by atoms with E-state index in [0.29, 0.717) is 25.1 Å². The standard InChI is InChI=1S/C31H42N6O4/c1-18(2)26-28(39)34-20(4)29(40)37-14-8-9-25(35-37)27(38)33-19(3)21-10-11-22-17-32-24(16-23(22)15-21)12-13-31(5,6)30(41)36(26)7/h10-13,15-20,25-26,35H,8-9,14H2,1-7H3,(H,33,38)(H,34,39)/b13-12+/t19-,20+,25+,26?/m1/s1. The number of likely N-dealkylation sites (N-methyl/N-ethyl adjacent to an activating group) is 1. The number of fused-ring (bicyclic) bond motifs is 4. The van der Waals surface area contributed by atoms with E-state index in [1.54, 1.807) is 40.1 Å². The zero-order chi connectivity index (χ0) is 30.1. The van der Waals surface area contributed by atoms with Gasteiger partial charge in [0.05, 0.1) is 17.2 Å². The molecule has 1 aromatic heterocycles. The number of rotatable bonds is 1. The van der Waals surface area contributed by atoms with E-state index < -0.39 is 29.4 Å². The molecule has 0 saturated carbocycles. The summed E-state index contributed by atoms with van der Waals surface area (Å²) in [5, 5.41) is 9.22. The van der Waals surface area contributed by atoms with Crippen LogP contribution in [0.3, 0.4) is 0 Å². The number of carbonyl (C=O) groups is 4. The Morgan fingerprint density at radius 3 is 2.39 bits per heavy atom. The van der Waals surface area contributed by atoms with Gasteiger partial charge >= 0.3 is 0 Å². The molecule has 5 bridgehead atoms.